The number of amides is 1. The molecule has 1 fully saturated rings. The molecule has 1 aromatic rings. The molecule has 8 nitrogen and oxygen atoms in total. The molecule has 0 aromatic carbocycles. The summed E-state index contributed by atoms with van der Waals surface area (Å²) in [6, 6.07) is 0.179. The number of nitrogens with one attached hydrogen (secondary N) is 1. The maximum atomic E-state index is 12.0. The summed E-state index contributed by atoms with van der Waals surface area (Å²) >= 11 is 0. The first-order valence-corrected chi connectivity index (χ1v) is 8.50. The van der Waals surface area contributed by atoms with Crippen LogP contribution in [0.15, 0.2) is 0 Å². The molecule has 1 aliphatic carbocycles. The fourth-order valence-corrected chi connectivity index (χ4v) is 2.94. The summed E-state index contributed by atoms with van der Waals surface area (Å²) in [5.41, 5.74) is 0. The van der Waals surface area contributed by atoms with Crippen LogP contribution in [0.4, 0.5) is 0 Å². The molecule has 1 aromatic heterocycles. The Balaban J connectivity index is 1.96. The van der Waals surface area contributed by atoms with Crippen LogP contribution in [0.25, 0.3) is 0 Å². The van der Waals surface area contributed by atoms with Crippen molar-refractivity contribution < 1.29 is 13.2 Å². The molecule has 1 N–H and O–H groups in total. The van der Waals surface area contributed by atoms with Crippen LogP contribution >= 0.6 is 0 Å². The number of carbonyl (C=O) groups is 1. The number of sulfone groups is 1. The molecule has 0 saturated heterocycles. The lowest BCUT2D eigenvalue weighted by molar-refractivity contribution is -0.119. The molecule has 0 aliphatic heterocycles. The van der Waals surface area contributed by atoms with Crippen molar-refractivity contribution in [3.05, 3.63) is 5.82 Å². The van der Waals surface area contributed by atoms with Crippen LogP contribution in [-0.2, 0) is 20.4 Å². The van der Waals surface area contributed by atoms with Gasteiger partial charge in [-0.05, 0) is 36.6 Å². The van der Waals surface area contributed by atoms with Crippen LogP contribution in [0, 0.1) is 0 Å². The number of hydrogen-bond donors (Lipinski definition) is 1. The lowest BCUT2D eigenvalue weighted by Gasteiger charge is -2.11. The largest absolute Gasteiger partial charge is 0.353 e. The average Bonchev–Trinajstić information content (AvgIpc) is 3.09. The molecular weight excluding hydrogens is 282 g/mol. The topological polar surface area (TPSA) is 107 Å². The van der Waals surface area contributed by atoms with E-state index in [1.165, 1.54) is 0 Å². The van der Waals surface area contributed by atoms with Gasteiger partial charge in [0.05, 0.1) is 6.04 Å². The van der Waals surface area contributed by atoms with Gasteiger partial charge in [0.2, 0.25) is 5.91 Å². The smallest absolute Gasteiger partial charge is 0.235 e. The highest BCUT2D eigenvalue weighted by Gasteiger charge is 2.30. The summed E-state index contributed by atoms with van der Waals surface area (Å²) < 4.78 is 25.6. The Morgan fingerprint density at radius 3 is 2.80 bits per heavy atom. The molecule has 2 rings (SSSR count). The first-order chi connectivity index (χ1) is 9.41. The minimum absolute atomic E-state index is 0.0329. The molecule has 1 aliphatic rings. The fourth-order valence-electron chi connectivity index (χ4n) is 1.78. The highest BCUT2D eigenvalue weighted by atomic mass is 32.2. The summed E-state index contributed by atoms with van der Waals surface area (Å²) in [6.45, 7) is 3.75. The summed E-state index contributed by atoms with van der Waals surface area (Å²) in [7, 11) is -3.56. The Bertz CT molecular complexity index is 579. The Morgan fingerprint density at radius 1 is 1.50 bits per heavy atom. The molecule has 0 spiro atoms. The van der Waals surface area contributed by atoms with Gasteiger partial charge in [-0.15, -0.1) is 5.10 Å². The second-order valence-electron chi connectivity index (χ2n) is 5.18. The Labute approximate surface area is 117 Å². The van der Waals surface area contributed by atoms with Gasteiger partial charge in [-0.1, -0.05) is 6.92 Å². The van der Waals surface area contributed by atoms with Gasteiger partial charge in [0.1, 0.15) is 11.5 Å². The van der Waals surface area contributed by atoms with Gasteiger partial charge in [-0.25, -0.2) is 13.1 Å². The van der Waals surface area contributed by atoms with Gasteiger partial charge in [-0.3, -0.25) is 4.79 Å². The lowest BCUT2D eigenvalue weighted by atomic mass is 10.3. The predicted molar refractivity (Wildman–Crippen MR) is 71.5 cm³/mol. The molecule has 1 amide bonds. The van der Waals surface area contributed by atoms with Crippen molar-refractivity contribution in [3.63, 3.8) is 0 Å². The Hall–Kier alpha value is -1.51. The molecule has 0 bridgehead atoms. The van der Waals surface area contributed by atoms with Crippen LogP contribution in [0.1, 0.15) is 45.0 Å². The summed E-state index contributed by atoms with van der Waals surface area (Å²) in [5, 5.41) is 13.7. The molecule has 20 heavy (non-hydrogen) atoms. The molecule has 0 radical (unpaired) electrons. The van der Waals surface area contributed by atoms with Gasteiger partial charge in [-0.2, -0.15) is 0 Å². The number of rotatable bonds is 7. The highest BCUT2D eigenvalue weighted by molar-refractivity contribution is 7.91. The van der Waals surface area contributed by atoms with Crippen molar-refractivity contribution in [3.8, 4) is 0 Å². The van der Waals surface area contributed by atoms with E-state index in [1.54, 1.807) is 4.68 Å². The normalized spacial score (nSPS) is 16.9. The molecule has 0 unspecified atom stereocenters. The summed E-state index contributed by atoms with van der Waals surface area (Å²) in [5.74, 6) is -1.01. The highest BCUT2D eigenvalue weighted by Crippen LogP contribution is 2.34. The van der Waals surface area contributed by atoms with Gasteiger partial charge in [0.25, 0.3) is 0 Å². The van der Waals surface area contributed by atoms with Crippen molar-refractivity contribution in [2.75, 3.05) is 5.75 Å². The van der Waals surface area contributed by atoms with Crippen LogP contribution < -0.4 is 5.32 Å². The van der Waals surface area contributed by atoms with E-state index in [2.05, 4.69) is 20.8 Å². The third-order valence-electron chi connectivity index (χ3n) is 3.17. The fraction of sp³-hybridized carbons (Fsp3) is 0.818. The van der Waals surface area contributed by atoms with Gasteiger partial charge >= 0.3 is 0 Å². The Morgan fingerprint density at radius 2 is 2.20 bits per heavy atom. The van der Waals surface area contributed by atoms with E-state index < -0.39 is 21.5 Å². The van der Waals surface area contributed by atoms with Crippen LogP contribution in [-0.4, -0.2) is 46.3 Å². The number of hydrogen-bond acceptors (Lipinski definition) is 6. The zero-order chi connectivity index (χ0) is 14.8. The standard InChI is InChI=1S/C11H19N5O3S/c1-3-8(2)12-11(17)7-20(18,19)6-10-13-14-15-16(10)9-4-5-9/h8-9H,3-7H2,1-2H3,(H,12,17)/t8-/m1/s1. The summed E-state index contributed by atoms with van der Waals surface area (Å²) in [6.07, 6.45) is 2.69. The second kappa shape index (κ2) is 5.86. The minimum atomic E-state index is -3.56. The van der Waals surface area contributed by atoms with E-state index in [0.29, 0.717) is 5.82 Å². The van der Waals surface area contributed by atoms with Gasteiger partial charge in [0, 0.05) is 6.04 Å². The van der Waals surface area contributed by atoms with Gasteiger partial charge in [0.15, 0.2) is 15.7 Å². The van der Waals surface area contributed by atoms with Crippen LogP contribution in [0.5, 0.6) is 0 Å². The second-order valence-corrected chi connectivity index (χ2v) is 7.24. The minimum Gasteiger partial charge on any atom is -0.353 e. The molecular formula is C11H19N5O3S. The van der Waals surface area contributed by atoms with Crippen molar-refractivity contribution in [1.29, 1.82) is 0 Å². The van der Waals surface area contributed by atoms with Crippen molar-refractivity contribution >= 4 is 15.7 Å². The van der Waals surface area contributed by atoms with Crippen molar-refractivity contribution in [2.45, 2.75) is 50.9 Å². The monoisotopic (exact) mass is 301 g/mol. The number of tetrazole rings is 1. The number of nitrogens with zero attached hydrogens (tertiary/aromatic N) is 4. The third kappa shape index (κ3) is 3.99. The molecule has 1 atom stereocenters. The molecule has 1 heterocycles. The molecule has 9 heteroatoms. The quantitative estimate of drug-likeness (QED) is 0.750. The van der Waals surface area contributed by atoms with Gasteiger partial charge < -0.3 is 5.32 Å². The predicted octanol–water partition coefficient (Wildman–Crippen LogP) is -0.163. The zero-order valence-corrected chi connectivity index (χ0v) is 12.4. The van der Waals surface area contributed by atoms with E-state index >= 15 is 0 Å². The maximum absolute atomic E-state index is 12.0. The van der Waals surface area contributed by atoms with Crippen molar-refractivity contribution in [1.82, 2.24) is 25.5 Å². The number of aromatic nitrogens is 4. The lowest BCUT2D eigenvalue weighted by Crippen LogP contribution is -2.36. The number of carbonyl (C=O) groups excluding carboxylic acids is 1. The van der Waals surface area contributed by atoms with E-state index in [4.69, 9.17) is 0 Å². The third-order valence-corrected chi connectivity index (χ3v) is 4.57. The van der Waals surface area contributed by atoms with Crippen molar-refractivity contribution in [2.24, 2.45) is 0 Å². The Kier molecular flexibility index (Phi) is 4.36. The van der Waals surface area contributed by atoms with E-state index in [1.807, 2.05) is 13.8 Å². The van der Waals surface area contributed by atoms with E-state index in [-0.39, 0.29) is 17.8 Å². The zero-order valence-electron chi connectivity index (χ0n) is 11.6. The summed E-state index contributed by atoms with van der Waals surface area (Å²) in [4.78, 5) is 11.6. The van der Waals surface area contributed by atoms with Crippen LogP contribution in [0.3, 0.4) is 0 Å². The molecule has 112 valence electrons. The van der Waals surface area contributed by atoms with E-state index in [9.17, 15) is 13.2 Å². The maximum Gasteiger partial charge on any atom is 0.235 e. The first-order valence-electron chi connectivity index (χ1n) is 6.68. The SMILES string of the molecule is CC[C@@H](C)NC(=O)CS(=O)(=O)Cc1nnnn1C1CC1. The van der Waals surface area contributed by atoms with E-state index in [0.717, 1.165) is 19.3 Å². The van der Waals surface area contributed by atoms with Crippen LogP contribution in [0.2, 0.25) is 0 Å². The average molecular weight is 301 g/mol. The molecule has 1 saturated carbocycles. The first kappa shape index (κ1) is 14.9.